The number of nitrogens with one attached hydrogen (secondary N) is 2. The Balaban J connectivity index is 0.638. The van der Waals surface area contributed by atoms with Gasteiger partial charge in [0.2, 0.25) is 11.8 Å². The number of para-hydroxylation sites is 1. The van der Waals surface area contributed by atoms with E-state index in [1.165, 1.54) is 36.3 Å². The number of pyridine rings is 1. The number of unbranched alkanes of at least 4 members (excludes halogenated alkanes) is 1. The minimum Gasteiger partial charge on any atom is -0.490 e. The second kappa shape index (κ2) is 20.5. The second-order valence-corrected chi connectivity index (χ2v) is 20.8. The molecule has 3 N–H and O–H groups in total. The smallest absolute Gasteiger partial charge is 0.355 e. The summed E-state index contributed by atoms with van der Waals surface area (Å²) in [7, 11) is 1.92. The van der Waals surface area contributed by atoms with Gasteiger partial charge in [-0.15, -0.1) is 0 Å². The Hall–Kier alpha value is -7.17. The number of thiazole rings is 1. The van der Waals surface area contributed by atoms with E-state index in [9.17, 15) is 24.3 Å². The zero-order chi connectivity index (χ0) is 49.3. The van der Waals surface area contributed by atoms with Gasteiger partial charge in [0, 0.05) is 74.9 Å². The van der Waals surface area contributed by atoms with Gasteiger partial charge in [-0.3, -0.25) is 34.6 Å². The number of benzene rings is 4. The van der Waals surface area contributed by atoms with Crippen LogP contribution in [0.5, 0.6) is 5.75 Å². The molecular formula is C56H59N9O6S. The molecule has 0 bridgehead atoms. The molecule has 370 valence electrons. The number of hydrogen-bond donors (Lipinski definition) is 3. The number of carbonyl (C=O) groups is 4. The van der Waals surface area contributed by atoms with E-state index in [0.717, 1.165) is 108 Å². The van der Waals surface area contributed by atoms with Crippen LogP contribution in [-0.4, -0.2) is 98.8 Å². The van der Waals surface area contributed by atoms with Crippen LogP contribution in [0, 0.1) is 5.92 Å². The van der Waals surface area contributed by atoms with E-state index < -0.39 is 11.9 Å². The van der Waals surface area contributed by atoms with Gasteiger partial charge in [0.05, 0.1) is 33.4 Å². The Labute approximate surface area is 422 Å². The van der Waals surface area contributed by atoms with Crippen molar-refractivity contribution in [2.45, 2.75) is 82.8 Å². The van der Waals surface area contributed by atoms with Crippen LogP contribution in [0.3, 0.4) is 0 Å². The molecule has 72 heavy (non-hydrogen) atoms. The lowest BCUT2D eigenvalue weighted by molar-refractivity contribution is -0.134. The molecule has 1 saturated carbocycles. The SMILES string of the molecule is Cn1nc(C2CCC(=O)NC2=O)c2ccc(N3CCN(CCCC[C@H]4CC[C@H](Oc5cccc(-c6ccc(N7CCc8cccc(C(=O)Nc9nc%10ccccc%10s9)c8C7)nc6C(=O)O)c5)CC4)CC3)cc21. The molecule has 3 aromatic heterocycles. The van der Waals surface area contributed by atoms with Crippen LogP contribution in [0.15, 0.2) is 97.1 Å². The molecule has 16 heteroatoms. The molecule has 7 aromatic rings. The van der Waals surface area contributed by atoms with Gasteiger partial charge in [-0.25, -0.2) is 14.8 Å². The van der Waals surface area contributed by atoms with Gasteiger partial charge in [-0.1, -0.05) is 60.6 Å². The normalized spacial score (nSPS) is 19.6. The van der Waals surface area contributed by atoms with Crippen molar-refractivity contribution < 1.29 is 29.0 Å². The molecule has 1 unspecified atom stereocenters. The topological polar surface area (TPSA) is 175 Å². The number of piperazine rings is 1. The molecule has 2 saturated heterocycles. The molecular weight excluding hydrogens is 927 g/mol. The third-order valence-electron chi connectivity index (χ3n) is 15.2. The first-order valence-electron chi connectivity index (χ1n) is 25.4. The molecule has 3 fully saturated rings. The molecule has 4 aromatic carbocycles. The van der Waals surface area contributed by atoms with Crippen LogP contribution >= 0.6 is 11.3 Å². The molecule has 0 spiro atoms. The average molecular weight is 986 g/mol. The molecule has 1 aliphatic carbocycles. The number of nitrogens with zero attached hydrogens (tertiary/aromatic N) is 7. The number of fused-ring (bicyclic) bond motifs is 3. The zero-order valence-corrected chi connectivity index (χ0v) is 41.3. The third kappa shape index (κ3) is 10.0. The van der Waals surface area contributed by atoms with Crippen molar-refractivity contribution in [3.63, 3.8) is 0 Å². The maximum atomic E-state index is 13.6. The Kier molecular flexibility index (Phi) is 13.4. The summed E-state index contributed by atoms with van der Waals surface area (Å²) in [6.07, 6.45) is 9.57. The molecule has 4 aliphatic rings. The second-order valence-electron chi connectivity index (χ2n) is 19.8. The van der Waals surface area contributed by atoms with Crippen molar-refractivity contribution in [2.24, 2.45) is 13.0 Å². The van der Waals surface area contributed by atoms with Gasteiger partial charge < -0.3 is 19.6 Å². The van der Waals surface area contributed by atoms with Gasteiger partial charge >= 0.3 is 5.97 Å². The summed E-state index contributed by atoms with van der Waals surface area (Å²) in [5.74, 6) is -0.221. The molecule has 3 aliphatic heterocycles. The Morgan fingerprint density at radius 2 is 1.67 bits per heavy atom. The van der Waals surface area contributed by atoms with Crippen LogP contribution in [-0.2, 0) is 29.6 Å². The van der Waals surface area contributed by atoms with Crippen molar-refractivity contribution in [3.8, 4) is 16.9 Å². The fourth-order valence-corrected chi connectivity index (χ4v) is 12.1. The lowest BCUT2D eigenvalue weighted by atomic mass is 9.84. The highest BCUT2D eigenvalue weighted by atomic mass is 32.1. The van der Waals surface area contributed by atoms with E-state index in [2.05, 4.69) is 43.6 Å². The third-order valence-corrected chi connectivity index (χ3v) is 16.1. The highest BCUT2D eigenvalue weighted by molar-refractivity contribution is 7.22. The number of hydrogen-bond acceptors (Lipinski definition) is 12. The Morgan fingerprint density at radius 1 is 0.833 bits per heavy atom. The first-order chi connectivity index (χ1) is 35.1. The summed E-state index contributed by atoms with van der Waals surface area (Å²) < 4.78 is 9.41. The van der Waals surface area contributed by atoms with E-state index in [4.69, 9.17) is 14.8 Å². The van der Waals surface area contributed by atoms with E-state index in [1.807, 2.05) is 95.5 Å². The zero-order valence-electron chi connectivity index (χ0n) is 40.5. The predicted octanol–water partition coefficient (Wildman–Crippen LogP) is 9.21. The fourth-order valence-electron chi connectivity index (χ4n) is 11.2. The van der Waals surface area contributed by atoms with E-state index in [0.29, 0.717) is 60.3 Å². The number of aromatic carboxylic acids is 1. The van der Waals surface area contributed by atoms with E-state index in [1.54, 1.807) is 0 Å². The monoisotopic (exact) mass is 985 g/mol. The van der Waals surface area contributed by atoms with Crippen LogP contribution in [0.1, 0.15) is 101 Å². The van der Waals surface area contributed by atoms with Gasteiger partial charge in [0.1, 0.15) is 11.6 Å². The van der Waals surface area contributed by atoms with Gasteiger partial charge in [0.25, 0.3) is 5.91 Å². The van der Waals surface area contributed by atoms with Crippen molar-refractivity contribution in [3.05, 3.63) is 125 Å². The summed E-state index contributed by atoms with van der Waals surface area (Å²) in [6.45, 7) is 6.15. The quantitative estimate of drug-likeness (QED) is 0.0697. The number of rotatable bonds is 14. The molecule has 0 radical (unpaired) electrons. The molecule has 6 heterocycles. The summed E-state index contributed by atoms with van der Waals surface area (Å²) in [4.78, 5) is 67.1. The van der Waals surface area contributed by atoms with E-state index in [-0.39, 0.29) is 29.5 Å². The van der Waals surface area contributed by atoms with Crippen molar-refractivity contribution >= 4 is 72.8 Å². The number of ether oxygens (including phenoxy) is 1. The van der Waals surface area contributed by atoms with Crippen molar-refractivity contribution in [2.75, 3.05) is 54.4 Å². The number of carbonyl (C=O) groups excluding carboxylic acids is 3. The number of amides is 3. The number of carboxylic acids is 1. The van der Waals surface area contributed by atoms with Crippen LogP contribution in [0.4, 0.5) is 16.6 Å². The van der Waals surface area contributed by atoms with Crippen molar-refractivity contribution in [1.82, 2.24) is 30.0 Å². The maximum Gasteiger partial charge on any atom is 0.355 e. The van der Waals surface area contributed by atoms with Crippen molar-refractivity contribution in [1.29, 1.82) is 0 Å². The number of aromatic nitrogens is 4. The number of piperidine rings is 1. The molecule has 1 atom stereocenters. The standard InChI is InChI=1S/C56H59N9O6S/c1-62-47-33-38(17-20-43(47)51(61-62)44-22-24-50(66)59-54(44)68)64-30-28-63(29-31-64)26-5-4-8-35-15-18-39(19-16-35)71-40-11-6-10-37(32-40)41-21-23-49(58-52(41)55(69)70)65-27-25-36-9-7-12-42(45(36)34-65)53(67)60-56-57-46-13-2-3-14-48(46)72-56/h2-3,6-7,9-14,17,20-21,23,32-33,35,39,44H,4-5,8,15-16,18-19,22,24-31,34H2,1H3,(H,69,70)(H,57,60,67)(H,59,66,68)/t35-,39-,44?. The lowest BCUT2D eigenvalue weighted by Crippen LogP contribution is -2.46. The summed E-state index contributed by atoms with van der Waals surface area (Å²) >= 11 is 1.44. The average Bonchev–Trinajstić information content (AvgIpc) is 3.97. The predicted molar refractivity (Wildman–Crippen MR) is 280 cm³/mol. The maximum absolute atomic E-state index is 13.6. The largest absolute Gasteiger partial charge is 0.490 e. The minimum absolute atomic E-state index is 0.0244. The molecule has 11 rings (SSSR count). The lowest BCUT2D eigenvalue weighted by Gasteiger charge is -2.36. The summed E-state index contributed by atoms with van der Waals surface area (Å²) in [5.41, 5.74) is 7.56. The van der Waals surface area contributed by atoms with Crippen LogP contribution in [0.2, 0.25) is 0 Å². The van der Waals surface area contributed by atoms with E-state index >= 15 is 0 Å². The fraction of sp³-hybridized carbons (Fsp3) is 0.375. The first kappa shape index (κ1) is 47.2. The number of imide groups is 1. The van der Waals surface area contributed by atoms with Gasteiger partial charge in [-0.2, -0.15) is 5.10 Å². The molecule has 3 amide bonds. The number of anilines is 3. The number of aryl methyl sites for hydroxylation is 1. The van der Waals surface area contributed by atoms with Gasteiger partial charge in [0.15, 0.2) is 10.8 Å². The molecule has 15 nitrogen and oxygen atoms in total. The van der Waals surface area contributed by atoms with Crippen LogP contribution in [0.25, 0.3) is 32.2 Å². The summed E-state index contributed by atoms with van der Waals surface area (Å²) in [5, 5.41) is 22.2. The van der Waals surface area contributed by atoms with Crippen LogP contribution < -0.4 is 25.2 Å². The highest BCUT2D eigenvalue weighted by Crippen LogP contribution is 2.36. The first-order valence-corrected chi connectivity index (χ1v) is 26.2. The number of carboxylic acid groups (broad SMARTS) is 1. The minimum atomic E-state index is -1.10. The summed E-state index contributed by atoms with van der Waals surface area (Å²) in [6, 6.07) is 31.4. The van der Waals surface area contributed by atoms with Gasteiger partial charge in [-0.05, 0) is 135 Å². The Morgan fingerprint density at radius 3 is 2.49 bits per heavy atom. The Bertz CT molecular complexity index is 3160. The highest BCUT2D eigenvalue weighted by Gasteiger charge is 2.32.